The summed E-state index contributed by atoms with van der Waals surface area (Å²) >= 11 is 0. The number of carbonyl (C=O) groups is 1. The molecule has 6 heteroatoms. The quantitative estimate of drug-likeness (QED) is 0.268. The summed E-state index contributed by atoms with van der Waals surface area (Å²) in [5.74, 6) is -0.967. The molecule has 0 amide bonds. The summed E-state index contributed by atoms with van der Waals surface area (Å²) < 4.78 is 0. The van der Waals surface area contributed by atoms with Crippen LogP contribution in [0.5, 0.6) is 0 Å². The van der Waals surface area contributed by atoms with E-state index in [2.05, 4.69) is 27.1 Å². The lowest BCUT2D eigenvalue weighted by molar-refractivity contribution is -0.131. The smallest absolute Gasteiger partial charge is 0.328 e. The Bertz CT molecular complexity index is 1720. The van der Waals surface area contributed by atoms with E-state index in [4.69, 9.17) is 10.1 Å². The molecule has 3 aromatic heterocycles. The molecular formula is C29H20N4O2. The SMILES string of the molecule is O=C(O)C=Cc1ccc(-c2cc3cc4ccc(cc5nc(cc6nc(cc2[nH]3)C=C6)C=C5)[nH]4)cc1. The number of fused-ring (bicyclic) bond motifs is 8. The molecule has 0 saturated heterocycles. The van der Waals surface area contributed by atoms with Gasteiger partial charge in [0.05, 0.1) is 22.8 Å². The van der Waals surface area contributed by atoms with Crippen molar-refractivity contribution < 1.29 is 9.90 Å². The minimum absolute atomic E-state index is 0.826. The minimum atomic E-state index is -0.967. The van der Waals surface area contributed by atoms with E-state index < -0.39 is 5.97 Å². The lowest BCUT2D eigenvalue weighted by Gasteiger charge is -2.00. The van der Waals surface area contributed by atoms with Gasteiger partial charge in [-0.25, -0.2) is 14.8 Å². The van der Waals surface area contributed by atoms with Crippen LogP contribution in [0, 0.1) is 0 Å². The zero-order chi connectivity index (χ0) is 23.8. The second kappa shape index (κ2) is 8.43. The molecule has 0 atom stereocenters. The Morgan fingerprint density at radius 2 is 1.31 bits per heavy atom. The number of aromatic amines is 2. The van der Waals surface area contributed by atoms with Gasteiger partial charge in [0.2, 0.25) is 0 Å². The number of nitrogens with one attached hydrogen (secondary N) is 2. The van der Waals surface area contributed by atoms with E-state index in [1.165, 1.54) is 0 Å². The summed E-state index contributed by atoms with van der Waals surface area (Å²) in [5, 5.41) is 8.87. The third kappa shape index (κ3) is 4.45. The van der Waals surface area contributed by atoms with Crippen LogP contribution < -0.4 is 0 Å². The summed E-state index contributed by atoms with van der Waals surface area (Å²) in [6.45, 7) is 0. The van der Waals surface area contributed by atoms with E-state index in [-0.39, 0.29) is 0 Å². The van der Waals surface area contributed by atoms with Crippen LogP contribution >= 0.6 is 0 Å². The van der Waals surface area contributed by atoms with Crippen molar-refractivity contribution in [3.63, 3.8) is 0 Å². The fourth-order valence-electron chi connectivity index (χ4n) is 4.20. The number of nitrogens with zero attached hydrogens (tertiary/aromatic N) is 2. The largest absolute Gasteiger partial charge is 0.478 e. The van der Waals surface area contributed by atoms with Gasteiger partial charge in [-0.1, -0.05) is 24.3 Å². The van der Waals surface area contributed by atoms with Crippen molar-refractivity contribution in [3.05, 3.63) is 101 Å². The van der Waals surface area contributed by atoms with Crippen molar-refractivity contribution in [1.29, 1.82) is 0 Å². The molecule has 6 nitrogen and oxygen atoms in total. The number of H-pyrrole nitrogens is 2. The zero-order valence-corrected chi connectivity index (χ0v) is 18.6. The Kier molecular flexibility index (Phi) is 4.96. The van der Waals surface area contributed by atoms with Gasteiger partial charge >= 0.3 is 5.97 Å². The van der Waals surface area contributed by atoms with Gasteiger partial charge in [-0.3, -0.25) is 0 Å². The second-order valence-electron chi connectivity index (χ2n) is 8.38. The summed E-state index contributed by atoms with van der Waals surface area (Å²) in [4.78, 5) is 27.2. The average Bonchev–Trinajstić information content (AvgIpc) is 3.63. The Hall–Kier alpha value is -4.97. The molecule has 1 aromatic carbocycles. The Morgan fingerprint density at radius 1 is 0.686 bits per heavy atom. The van der Waals surface area contributed by atoms with Crippen molar-refractivity contribution in [2.75, 3.05) is 0 Å². The van der Waals surface area contributed by atoms with E-state index in [9.17, 15) is 4.79 Å². The molecule has 0 aliphatic carbocycles. The molecule has 0 radical (unpaired) electrons. The molecule has 0 saturated carbocycles. The predicted molar refractivity (Wildman–Crippen MR) is 141 cm³/mol. The predicted octanol–water partition coefficient (Wildman–Crippen LogP) is 6.42. The highest BCUT2D eigenvalue weighted by atomic mass is 16.4. The van der Waals surface area contributed by atoms with E-state index in [0.29, 0.717) is 0 Å². The van der Waals surface area contributed by atoms with Gasteiger partial charge in [0.25, 0.3) is 0 Å². The summed E-state index contributed by atoms with van der Waals surface area (Å²) in [6, 6.07) is 22.1. The van der Waals surface area contributed by atoms with Crippen molar-refractivity contribution in [2.24, 2.45) is 0 Å². The van der Waals surface area contributed by atoms with Gasteiger partial charge in [0.15, 0.2) is 0 Å². The average molecular weight is 457 g/mol. The fourth-order valence-corrected chi connectivity index (χ4v) is 4.20. The normalized spacial score (nSPS) is 12.5. The fraction of sp³-hybridized carbons (Fsp3) is 0. The first-order valence-corrected chi connectivity index (χ1v) is 11.2. The highest BCUT2D eigenvalue weighted by Gasteiger charge is 2.07. The molecule has 8 bridgehead atoms. The van der Waals surface area contributed by atoms with Crippen LogP contribution in [0.2, 0.25) is 0 Å². The maximum Gasteiger partial charge on any atom is 0.328 e. The first kappa shape index (κ1) is 20.6. The topological polar surface area (TPSA) is 94.7 Å². The maximum atomic E-state index is 10.8. The molecule has 2 aliphatic heterocycles. The molecule has 0 unspecified atom stereocenters. The van der Waals surface area contributed by atoms with Crippen LogP contribution in [-0.2, 0) is 4.79 Å². The Balaban J connectivity index is 1.56. The maximum absolute atomic E-state index is 10.8. The van der Waals surface area contributed by atoms with E-state index in [0.717, 1.165) is 67.6 Å². The minimum Gasteiger partial charge on any atom is -0.478 e. The number of carboxylic acids is 1. The number of benzene rings is 1. The molecule has 3 N–H and O–H groups in total. The number of hydrogen-bond donors (Lipinski definition) is 3. The zero-order valence-electron chi connectivity index (χ0n) is 18.6. The third-order valence-electron chi connectivity index (χ3n) is 5.81. The molecule has 168 valence electrons. The molecule has 6 rings (SSSR count). The van der Waals surface area contributed by atoms with E-state index in [1.54, 1.807) is 6.08 Å². The number of rotatable bonds is 3. The van der Waals surface area contributed by atoms with E-state index >= 15 is 0 Å². The summed E-state index contributed by atoms with van der Waals surface area (Å²) in [6.07, 6.45) is 10.7. The Labute approximate surface area is 200 Å². The van der Waals surface area contributed by atoms with Crippen LogP contribution in [0.3, 0.4) is 0 Å². The molecule has 2 aliphatic rings. The Morgan fingerprint density at radius 3 is 2.00 bits per heavy atom. The lowest BCUT2D eigenvalue weighted by Crippen LogP contribution is -1.85. The van der Waals surface area contributed by atoms with Gasteiger partial charge in [-0.15, -0.1) is 0 Å². The number of aromatic nitrogens is 4. The van der Waals surface area contributed by atoms with Gasteiger partial charge in [-0.2, -0.15) is 0 Å². The third-order valence-corrected chi connectivity index (χ3v) is 5.81. The van der Waals surface area contributed by atoms with Gasteiger partial charge in [0.1, 0.15) is 0 Å². The number of aliphatic carboxylic acids is 1. The van der Waals surface area contributed by atoms with Crippen LogP contribution in [0.4, 0.5) is 0 Å². The van der Waals surface area contributed by atoms with Crippen LogP contribution in [-0.4, -0.2) is 31.0 Å². The van der Waals surface area contributed by atoms with Crippen LogP contribution in [0.25, 0.3) is 63.6 Å². The van der Waals surface area contributed by atoms with Crippen LogP contribution in [0.1, 0.15) is 28.3 Å². The van der Waals surface area contributed by atoms with Gasteiger partial charge in [-0.05, 0) is 84.0 Å². The van der Waals surface area contributed by atoms with Gasteiger partial charge < -0.3 is 15.1 Å². The molecule has 4 aromatic rings. The lowest BCUT2D eigenvalue weighted by atomic mass is 10.0. The molecule has 35 heavy (non-hydrogen) atoms. The molecule has 0 spiro atoms. The van der Waals surface area contributed by atoms with E-state index in [1.807, 2.05) is 78.9 Å². The highest BCUT2D eigenvalue weighted by molar-refractivity contribution is 5.89. The molecule has 0 fully saturated rings. The molecular weight excluding hydrogens is 436 g/mol. The first-order chi connectivity index (χ1) is 17.1. The highest BCUT2D eigenvalue weighted by Crippen LogP contribution is 2.28. The van der Waals surface area contributed by atoms with Crippen molar-refractivity contribution in [2.45, 2.75) is 0 Å². The summed E-state index contributed by atoms with van der Waals surface area (Å²) in [5.41, 5.74) is 10.2. The van der Waals surface area contributed by atoms with Gasteiger partial charge in [0, 0.05) is 33.7 Å². The van der Waals surface area contributed by atoms with Crippen LogP contribution in [0.15, 0.2) is 72.8 Å². The number of carboxylic acid groups (broad SMARTS) is 1. The first-order valence-electron chi connectivity index (χ1n) is 11.2. The standard InChI is InChI=1S/C29H20N4O2/c34-29(35)12-3-18-1-4-19(5-2-18)27-16-26-15-24-9-8-22(31-24)13-20-6-7-21(30-20)14-23-10-11-25(32-23)17-28(27)33-26/h1-17,31,33H,(H,34,35). The molecule has 5 heterocycles. The number of hydrogen-bond acceptors (Lipinski definition) is 3. The van der Waals surface area contributed by atoms with Crippen molar-refractivity contribution in [1.82, 2.24) is 19.9 Å². The van der Waals surface area contributed by atoms with Crippen molar-refractivity contribution in [3.8, 4) is 11.1 Å². The second-order valence-corrected chi connectivity index (χ2v) is 8.38. The summed E-state index contributed by atoms with van der Waals surface area (Å²) in [7, 11) is 0. The van der Waals surface area contributed by atoms with Crippen molar-refractivity contribution >= 4 is 58.4 Å². The monoisotopic (exact) mass is 456 g/mol.